The summed E-state index contributed by atoms with van der Waals surface area (Å²) >= 11 is 0. The van der Waals surface area contributed by atoms with Gasteiger partial charge in [-0.2, -0.15) is 0 Å². The molecule has 6 heteroatoms. The Bertz CT molecular complexity index is 730. The molecular formula is C21H27N3O3. The van der Waals surface area contributed by atoms with E-state index in [-0.39, 0.29) is 12.1 Å². The quantitative estimate of drug-likeness (QED) is 0.813. The first kappa shape index (κ1) is 19.2. The minimum absolute atomic E-state index is 0.0415. The largest absolute Gasteiger partial charge is 0.495 e. The summed E-state index contributed by atoms with van der Waals surface area (Å²) in [7, 11) is 3.36. The van der Waals surface area contributed by atoms with E-state index in [1.807, 2.05) is 48.5 Å². The second-order valence-corrected chi connectivity index (χ2v) is 6.50. The van der Waals surface area contributed by atoms with Crippen molar-refractivity contribution >= 4 is 17.3 Å². The predicted molar refractivity (Wildman–Crippen MR) is 107 cm³/mol. The SMILES string of the molecule is COc1ccccc1N1CCN(C(CC(=O)Nc2ccccc2)OC)CC1. The van der Waals surface area contributed by atoms with Gasteiger partial charge in [0.15, 0.2) is 0 Å². The van der Waals surface area contributed by atoms with E-state index in [9.17, 15) is 4.79 Å². The van der Waals surface area contributed by atoms with Crippen LogP contribution in [-0.4, -0.2) is 57.4 Å². The van der Waals surface area contributed by atoms with Gasteiger partial charge in [0.25, 0.3) is 0 Å². The van der Waals surface area contributed by atoms with E-state index in [0.717, 1.165) is 43.3 Å². The first-order valence-corrected chi connectivity index (χ1v) is 9.21. The number of hydrogen-bond acceptors (Lipinski definition) is 5. The minimum Gasteiger partial charge on any atom is -0.495 e. The average Bonchev–Trinajstić information content (AvgIpc) is 2.73. The second-order valence-electron chi connectivity index (χ2n) is 6.50. The number of anilines is 2. The van der Waals surface area contributed by atoms with Crippen LogP contribution in [0.3, 0.4) is 0 Å². The first-order valence-electron chi connectivity index (χ1n) is 9.21. The topological polar surface area (TPSA) is 54.0 Å². The zero-order valence-electron chi connectivity index (χ0n) is 15.9. The molecule has 0 saturated carbocycles. The fourth-order valence-electron chi connectivity index (χ4n) is 3.40. The standard InChI is InChI=1S/C21H27N3O3/c1-26-19-11-7-6-10-18(19)23-12-14-24(15-13-23)21(27-2)16-20(25)22-17-8-4-3-5-9-17/h3-11,21H,12-16H2,1-2H3,(H,22,25). The summed E-state index contributed by atoms with van der Waals surface area (Å²) in [4.78, 5) is 16.9. The summed E-state index contributed by atoms with van der Waals surface area (Å²) < 4.78 is 11.1. The van der Waals surface area contributed by atoms with Crippen LogP contribution in [0.5, 0.6) is 5.75 Å². The van der Waals surface area contributed by atoms with Gasteiger partial charge in [0.2, 0.25) is 5.91 Å². The van der Waals surface area contributed by atoms with Crippen molar-refractivity contribution in [2.45, 2.75) is 12.6 Å². The number of amides is 1. The molecule has 0 aromatic heterocycles. The third-order valence-electron chi connectivity index (χ3n) is 4.84. The fraction of sp³-hybridized carbons (Fsp3) is 0.381. The molecule has 0 aliphatic carbocycles. The van der Waals surface area contributed by atoms with Gasteiger partial charge >= 0.3 is 0 Å². The molecule has 1 amide bonds. The fourth-order valence-corrected chi connectivity index (χ4v) is 3.40. The molecule has 1 unspecified atom stereocenters. The Morgan fingerprint density at radius 1 is 1.00 bits per heavy atom. The number of piperazine rings is 1. The van der Waals surface area contributed by atoms with E-state index in [1.54, 1.807) is 14.2 Å². The Labute approximate surface area is 160 Å². The van der Waals surface area contributed by atoms with Crippen molar-refractivity contribution in [2.75, 3.05) is 50.6 Å². The highest BCUT2D eigenvalue weighted by molar-refractivity contribution is 5.90. The molecule has 3 rings (SSSR count). The highest BCUT2D eigenvalue weighted by atomic mass is 16.5. The number of hydrogen-bond donors (Lipinski definition) is 1. The van der Waals surface area contributed by atoms with Gasteiger partial charge < -0.3 is 19.7 Å². The van der Waals surface area contributed by atoms with Crippen molar-refractivity contribution in [1.29, 1.82) is 0 Å². The van der Waals surface area contributed by atoms with Crippen LogP contribution < -0.4 is 15.0 Å². The van der Waals surface area contributed by atoms with Gasteiger partial charge in [-0.3, -0.25) is 9.69 Å². The summed E-state index contributed by atoms with van der Waals surface area (Å²) in [6, 6.07) is 17.6. The van der Waals surface area contributed by atoms with Gasteiger partial charge in [0.1, 0.15) is 12.0 Å². The Morgan fingerprint density at radius 2 is 1.67 bits per heavy atom. The Balaban J connectivity index is 1.54. The second kappa shape index (κ2) is 9.39. The number of methoxy groups -OCH3 is 2. The lowest BCUT2D eigenvalue weighted by Crippen LogP contribution is -2.51. The highest BCUT2D eigenvalue weighted by Crippen LogP contribution is 2.28. The van der Waals surface area contributed by atoms with Crippen LogP contribution in [0, 0.1) is 0 Å². The molecule has 1 atom stereocenters. The van der Waals surface area contributed by atoms with Crippen LogP contribution in [0.15, 0.2) is 54.6 Å². The van der Waals surface area contributed by atoms with E-state index in [4.69, 9.17) is 9.47 Å². The third kappa shape index (κ3) is 4.99. The third-order valence-corrected chi connectivity index (χ3v) is 4.84. The van der Waals surface area contributed by atoms with Gasteiger partial charge in [-0.05, 0) is 24.3 Å². The molecular weight excluding hydrogens is 342 g/mol. The zero-order valence-corrected chi connectivity index (χ0v) is 15.9. The van der Waals surface area contributed by atoms with Gasteiger partial charge in [0.05, 0.1) is 19.2 Å². The highest BCUT2D eigenvalue weighted by Gasteiger charge is 2.26. The predicted octanol–water partition coefficient (Wildman–Crippen LogP) is 2.82. The summed E-state index contributed by atoms with van der Waals surface area (Å²) in [5.74, 6) is 0.844. The van der Waals surface area contributed by atoms with Crippen LogP contribution in [0.1, 0.15) is 6.42 Å². The number of para-hydroxylation sites is 3. The number of ether oxygens (including phenoxy) is 2. The molecule has 1 aliphatic heterocycles. The molecule has 144 valence electrons. The molecule has 0 radical (unpaired) electrons. The minimum atomic E-state index is -0.228. The molecule has 2 aromatic carbocycles. The zero-order chi connectivity index (χ0) is 19.1. The number of nitrogens with zero attached hydrogens (tertiary/aromatic N) is 2. The number of carbonyl (C=O) groups excluding carboxylic acids is 1. The molecule has 1 fully saturated rings. The summed E-state index contributed by atoms with van der Waals surface area (Å²) in [5.41, 5.74) is 1.91. The van der Waals surface area contributed by atoms with Crippen LogP contribution >= 0.6 is 0 Å². The van der Waals surface area contributed by atoms with E-state index < -0.39 is 0 Å². The van der Waals surface area contributed by atoms with Crippen molar-refractivity contribution in [2.24, 2.45) is 0 Å². The van der Waals surface area contributed by atoms with Crippen molar-refractivity contribution < 1.29 is 14.3 Å². The van der Waals surface area contributed by atoms with E-state index in [1.165, 1.54) is 0 Å². The van der Waals surface area contributed by atoms with Crippen LogP contribution in [0.4, 0.5) is 11.4 Å². The molecule has 0 bridgehead atoms. The maximum absolute atomic E-state index is 12.3. The lowest BCUT2D eigenvalue weighted by molar-refractivity contribution is -0.123. The first-order chi connectivity index (χ1) is 13.2. The Morgan fingerprint density at radius 3 is 2.33 bits per heavy atom. The van der Waals surface area contributed by atoms with Gasteiger partial charge in [-0.25, -0.2) is 0 Å². The lowest BCUT2D eigenvalue weighted by atomic mass is 10.2. The van der Waals surface area contributed by atoms with Crippen LogP contribution in [0.25, 0.3) is 0 Å². The summed E-state index contributed by atoms with van der Waals surface area (Å²) in [5, 5.41) is 2.92. The maximum Gasteiger partial charge on any atom is 0.228 e. The molecule has 1 N–H and O–H groups in total. The monoisotopic (exact) mass is 369 g/mol. The van der Waals surface area contributed by atoms with Crippen LogP contribution in [0.2, 0.25) is 0 Å². The number of nitrogens with one attached hydrogen (secondary N) is 1. The van der Waals surface area contributed by atoms with Crippen LogP contribution in [-0.2, 0) is 9.53 Å². The summed E-state index contributed by atoms with van der Waals surface area (Å²) in [6.45, 7) is 3.38. The molecule has 27 heavy (non-hydrogen) atoms. The molecule has 1 aliphatic rings. The molecule has 6 nitrogen and oxygen atoms in total. The number of carbonyl (C=O) groups is 1. The van der Waals surface area contributed by atoms with E-state index in [2.05, 4.69) is 21.2 Å². The van der Waals surface area contributed by atoms with Crippen molar-refractivity contribution in [1.82, 2.24) is 4.90 Å². The van der Waals surface area contributed by atoms with Gasteiger partial charge in [-0.1, -0.05) is 30.3 Å². The lowest BCUT2D eigenvalue weighted by Gasteiger charge is -2.39. The molecule has 2 aromatic rings. The smallest absolute Gasteiger partial charge is 0.228 e. The van der Waals surface area contributed by atoms with Crippen molar-refractivity contribution in [3.05, 3.63) is 54.6 Å². The molecule has 1 saturated heterocycles. The number of benzene rings is 2. The van der Waals surface area contributed by atoms with Gasteiger partial charge in [-0.15, -0.1) is 0 Å². The average molecular weight is 369 g/mol. The van der Waals surface area contributed by atoms with E-state index in [0.29, 0.717) is 6.42 Å². The Hall–Kier alpha value is -2.57. The maximum atomic E-state index is 12.3. The summed E-state index contributed by atoms with van der Waals surface area (Å²) in [6.07, 6.45) is 0.0774. The van der Waals surface area contributed by atoms with E-state index >= 15 is 0 Å². The van der Waals surface area contributed by atoms with Gasteiger partial charge in [0, 0.05) is 39.0 Å². The molecule has 0 spiro atoms. The van der Waals surface area contributed by atoms with Crippen molar-refractivity contribution in [3.63, 3.8) is 0 Å². The molecule has 1 heterocycles. The van der Waals surface area contributed by atoms with Crippen molar-refractivity contribution in [3.8, 4) is 5.75 Å². The normalized spacial score (nSPS) is 16.0. The number of rotatable bonds is 7. The Kier molecular flexibility index (Phi) is 6.68.